The fourth-order valence-corrected chi connectivity index (χ4v) is 3.63. The van der Waals surface area contributed by atoms with Crippen molar-refractivity contribution in [2.75, 3.05) is 11.9 Å². The van der Waals surface area contributed by atoms with Crippen molar-refractivity contribution in [2.45, 2.75) is 49.4 Å². The number of benzene rings is 1. The number of nitrogens with one attached hydrogen (secondary N) is 1. The smallest absolute Gasteiger partial charge is 0.387 e. The second kappa shape index (κ2) is 9.48. The Balaban J connectivity index is 1.58. The number of aromatic nitrogens is 4. The van der Waals surface area contributed by atoms with Crippen molar-refractivity contribution < 1.29 is 23.0 Å². The summed E-state index contributed by atoms with van der Waals surface area (Å²) in [5.41, 5.74) is 0.364. The number of carbonyl (C=O) groups excluding carboxylic acids is 1. The molecule has 1 fully saturated rings. The average molecular weight is 434 g/mol. The van der Waals surface area contributed by atoms with Gasteiger partial charge in [-0.05, 0) is 48.4 Å². The molecule has 8 nitrogen and oxygen atoms in total. The van der Waals surface area contributed by atoms with Crippen LogP contribution in [0.2, 0.25) is 5.02 Å². The third-order valence-electron chi connectivity index (χ3n) is 3.97. The summed E-state index contributed by atoms with van der Waals surface area (Å²) < 4.78 is 36.0. The average Bonchev–Trinajstić information content (AvgIpc) is 3.30. The largest absolute Gasteiger partial charge is 0.433 e. The van der Waals surface area contributed by atoms with Gasteiger partial charge < -0.3 is 14.8 Å². The van der Waals surface area contributed by atoms with Crippen LogP contribution >= 0.6 is 23.4 Å². The molecule has 0 bridgehead atoms. The minimum Gasteiger partial charge on any atom is -0.433 e. The van der Waals surface area contributed by atoms with E-state index in [1.54, 1.807) is 11.6 Å². The molecule has 0 radical (unpaired) electrons. The number of nitrogens with zero attached hydrogens (tertiary/aromatic N) is 4. The first-order chi connectivity index (χ1) is 13.4. The first kappa shape index (κ1) is 20.7. The van der Waals surface area contributed by atoms with E-state index >= 15 is 0 Å². The van der Waals surface area contributed by atoms with E-state index < -0.39 is 11.9 Å². The van der Waals surface area contributed by atoms with Crippen LogP contribution in [-0.4, -0.2) is 50.7 Å². The molecule has 12 heteroatoms. The molecule has 3 rings (SSSR count). The zero-order valence-corrected chi connectivity index (χ0v) is 16.4. The van der Waals surface area contributed by atoms with Gasteiger partial charge in [0.2, 0.25) is 11.1 Å². The molecule has 1 aromatic heterocycles. The van der Waals surface area contributed by atoms with E-state index in [4.69, 9.17) is 16.3 Å². The number of halogens is 3. The maximum atomic E-state index is 12.4. The van der Waals surface area contributed by atoms with Crippen LogP contribution in [0.3, 0.4) is 0 Å². The van der Waals surface area contributed by atoms with Gasteiger partial charge in [0.1, 0.15) is 5.75 Å². The van der Waals surface area contributed by atoms with Crippen LogP contribution in [0.15, 0.2) is 23.4 Å². The van der Waals surface area contributed by atoms with Gasteiger partial charge in [-0.3, -0.25) is 4.79 Å². The van der Waals surface area contributed by atoms with Crippen molar-refractivity contribution in [3.63, 3.8) is 0 Å². The maximum absolute atomic E-state index is 12.4. The van der Waals surface area contributed by atoms with Crippen molar-refractivity contribution in [1.82, 2.24) is 20.2 Å². The molecular weight excluding hydrogens is 416 g/mol. The first-order valence-electron chi connectivity index (χ1n) is 8.52. The van der Waals surface area contributed by atoms with Crippen molar-refractivity contribution in [1.29, 1.82) is 0 Å². The summed E-state index contributed by atoms with van der Waals surface area (Å²) in [7, 11) is 0. The summed E-state index contributed by atoms with van der Waals surface area (Å²) in [5.74, 6) is -0.472. The van der Waals surface area contributed by atoms with Gasteiger partial charge in [0.15, 0.2) is 0 Å². The SMILES string of the molecule is CC(Sc1nnnn1CC1CCCO1)C(=O)Nc1ccc(OC(F)F)c(Cl)c1. The minimum absolute atomic E-state index is 0.0288. The van der Waals surface area contributed by atoms with Gasteiger partial charge in [-0.25, -0.2) is 4.68 Å². The Kier molecular flexibility index (Phi) is 7.03. The minimum atomic E-state index is -2.98. The van der Waals surface area contributed by atoms with E-state index in [0.717, 1.165) is 19.4 Å². The van der Waals surface area contributed by atoms with E-state index in [-0.39, 0.29) is 22.8 Å². The van der Waals surface area contributed by atoms with Crippen LogP contribution in [0.4, 0.5) is 14.5 Å². The molecular formula is C16H18ClF2N5O3S. The van der Waals surface area contributed by atoms with Gasteiger partial charge in [0.25, 0.3) is 0 Å². The Morgan fingerprint density at radius 1 is 1.54 bits per heavy atom. The molecule has 1 saturated heterocycles. The van der Waals surface area contributed by atoms with E-state index in [9.17, 15) is 13.6 Å². The lowest BCUT2D eigenvalue weighted by atomic mass is 10.2. The molecule has 152 valence electrons. The third-order valence-corrected chi connectivity index (χ3v) is 5.33. The Bertz CT molecular complexity index is 819. The standard InChI is InChI=1S/C16H18ClF2N5O3S/c1-9(28-16-21-22-23-24(16)8-11-3-2-6-26-11)14(25)20-10-4-5-13(12(17)7-10)27-15(18)19/h4-5,7,9,11,15H,2-3,6,8H2,1H3,(H,20,25). The van der Waals surface area contributed by atoms with Crippen molar-refractivity contribution in [3.05, 3.63) is 23.2 Å². The summed E-state index contributed by atoms with van der Waals surface area (Å²) >= 11 is 7.10. The summed E-state index contributed by atoms with van der Waals surface area (Å²) in [6.45, 7) is -0.00107. The molecule has 0 saturated carbocycles. The van der Waals surface area contributed by atoms with E-state index in [1.807, 2.05) is 0 Å². The second-order valence-electron chi connectivity index (χ2n) is 6.05. The van der Waals surface area contributed by atoms with Gasteiger partial charge in [-0.2, -0.15) is 8.78 Å². The molecule has 0 aliphatic carbocycles. The molecule has 1 aliphatic heterocycles. The number of anilines is 1. The number of amides is 1. The zero-order valence-electron chi connectivity index (χ0n) is 14.8. The lowest BCUT2D eigenvalue weighted by Crippen LogP contribution is -2.23. The molecule has 2 atom stereocenters. The highest BCUT2D eigenvalue weighted by Crippen LogP contribution is 2.30. The fourth-order valence-electron chi connectivity index (χ4n) is 2.60. The Morgan fingerprint density at radius 3 is 3.04 bits per heavy atom. The Hall–Kier alpha value is -1.98. The van der Waals surface area contributed by atoms with Gasteiger partial charge in [0.05, 0.1) is 22.9 Å². The van der Waals surface area contributed by atoms with E-state index in [0.29, 0.717) is 17.4 Å². The molecule has 1 N–H and O–H groups in total. The molecule has 1 amide bonds. The molecule has 1 aliphatic rings. The number of hydrogen-bond donors (Lipinski definition) is 1. The summed E-state index contributed by atoms with van der Waals surface area (Å²) in [5, 5.41) is 14.2. The van der Waals surface area contributed by atoms with E-state index in [1.165, 1.54) is 30.0 Å². The van der Waals surface area contributed by atoms with Crippen molar-refractivity contribution in [3.8, 4) is 5.75 Å². The van der Waals surface area contributed by atoms with Gasteiger partial charge in [0, 0.05) is 12.3 Å². The monoisotopic (exact) mass is 433 g/mol. The predicted molar refractivity (Wildman–Crippen MR) is 98.8 cm³/mol. The fraction of sp³-hybridized carbons (Fsp3) is 0.500. The van der Waals surface area contributed by atoms with Crippen LogP contribution in [0.25, 0.3) is 0 Å². The first-order valence-corrected chi connectivity index (χ1v) is 9.78. The van der Waals surface area contributed by atoms with Crippen LogP contribution in [0, 0.1) is 0 Å². The van der Waals surface area contributed by atoms with Gasteiger partial charge in [-0.15, -0.1) is 5.10 Å². The zero-order chi connectivity index (χ0) is 20.1. The van der Waals surface area contributed by atoms with E-state index in [2.05, 4.69) is 25.6 Å². The number of thioether (sulfide) groups is 1. The number of rotatable bonds is 8. The van der Waals surface area contributed by atoms with Crippen LogP contribution < -0.4 is 10.1 Å². The topological polar surface area (TPSA) is 91.2 Å². The number of tetrazole rings is 1. The normalized spacial score (nSPS) is 17.7. The number of alkyl halides is 2. The molecule has 1 aromatic carbocycles. The van der Waals surface area contributed by atoms with Crippen molar-refractivity contribution >= 4 is 35.0 Å². The van der Waals surface area contributed by atoms with Crippen molar-refractivity contribution in [2.24, 2.45) is 0 Å². The maximum Gasteiger partial charge on any atom is 0.387 e. The Labute approximate surface area is 168 Å². The Morgan fingerprint density at radius 2 is 2.36 bits per heavy atom. The third kappa shape index (κ3) is 5.52. The molecule has 2 aromatic rings. The van der Waals surface area contributed by atoms with Crippen LogP contribution in [0.5, 0.6) is 5.75 Å². The number of carbonyl (C=O) groups is 1. The predicted octanol–water partition coefficient (Wildman–Crippen LogP) is 3.23. The summed E-state index contributed by atoms with van der Waals surface area (Å²) in [6, 6.07) is 4.04. The lowest BCUT2D eigenvalue weighted by molar-refractivity contribution is -0.115. The molecule has 2 unspecified atom stereocenters. The number of hydrogen-bond acceptors (Lipinski definition) is 7. The van der Waals surface area contributed by atoms with Gasteiger partial charge >= 0.3 is 6.61 Å². The quantitative estimate of drug-likeness (QED) is 0.639. The summed E-state index contributed by atoms with van der Waals surface area (Å²) in [6.07, 6.45) is 2.03. The second-order valence-corrected chi connectivity index (χ2v) is 7.77. The van der Waals surface area contributed by atoms with Crippen LogP contribution in [-0.2, 0) is 16.1 Å². The van der Waals surface area contributed by atoms with Crippen LogP contribution in [0.1, 0.15) is 19.8 Å². The highest BCUT2D eigenvalue weighted by Gasteiger charge is 2.22. The number of ether oxygens (including phenoxy) is 2. The highest BCUT2D eigenvalue weighted by atomic mass is 35.5. The molecule has 2 heterocycles. The molecule has 28 heavy (non-hydrogen) atoms. The lowest BCUT2D eigenvalue weighted by Gasteiger charge is -2.14. The molecule has 0 spiro atoms. The summed E-state index contributed by atoms with van der Waals surface area (Å²) in [4.78, 5) is 12.4. The van der Waals surface area contributed by atoms with Gasteiger partial charge in [-0.1, -0.05) is 23.4 Å². The highest BCUT2D eigenvalue weighted by molar-refractivity contribution is 8.00.